The molecule has 1 saturated carbocycles. The number of methoxy groups -OCH3 is 1. The van der Waals surface area contributed by atoms with E-state index in [2.05, 4.69) is 21.8 Å². The third-order valence-corrected chi connectivity index (χ3v) is 2.55. The van der Waals surface area contributed by atoms with Gasteiger partial charge in [-0.25, -0.2) is 9.97 Å². The van der Waals surface area contributed by atoms with Gasteiger partial charge in [0.25, 0.3) is 0 Å². The zero-order valence-corrected chi connectivity index (χ0v) is 9.43. The molecule has 2 rings (SSSR count). The second-order valence-electron chi connectivity index (χ2n) is 3.69. The predicted octanol–water partition coefficient (Wildman–Crippen LogP) is 1.40. The molecule has 0 aliphatic heterocycles. The number of aromatic nitrogens is 2. The Bertz CT molecular complexity index is 399. The highest BCUT2D eigenvalue weighted by atomic mass is 16.5. The fourth-order valence-corrected chi connectivity index (χ4v) is 1.55. The van der Waals surface area contributed by atoms with E-state index in [1.807, 2.05) is 0 Å². The van der Waals surface area contributed by atoms with Crippen molar-refractivity contribution in [2.24, 2.45) is 0 Å². The van der Waals surface area contributed by atoms with Crippen LogP contribution in [0.1, 0.15) is 25.6 Å². The first-order valence-electron chi connectivity index (χ1n) is 5.26. The standard InChI is InChI=1S/C12H14N2O2/c1-3-4-12-13-7-11(8-14-12)16-10-5-9(6-10)15-2/h7-10H,5-6H2,1-2H3. The smallest absolute Gasteiger partial charge is 0.205 e. The lowest BCUT2D eigenvalue weighted by molar-refractivity contribution is -0.0383. The van der Waals surface area contributed by atoms with E-state index in [0.717, 1.165) is 12.8 Å². The van der Waals surface area contributed by atoms with Gasteiger partial charge in [-0.1, -0.05) is 5.92 Å². The fraction of sp³-hybridized carbons (Fsp3) is 0.500. The number of hydrogen-bond donors (Lipinski definition) is 0. The quantitative estimate of drug-likeness (QED) is 0.719. The van der Waals surface area contributed by atoms with Crippen molar-refractivity contribution in [3.05, 3.63) is 18.2 Å². The summed E-state index contributed by atoms with van der Waals surface area (Å²) in [7, 11) is 1.72. The van der Waals surface area contributed by atoms with E-state index >= 15 is 0 Å². The van der Waals surface area contributed by atoms with Crippen molar-refractivity contribution in [3.8, 4) is 17.6 Å². The van der Waals surface area contributed by atoms with Crippen molar-refractivity contribution in [2.75, 3.05) is 7.11 Å². The molecule has 0 spiro atoms. The van der Waals surface area contributed by atoms with Gasteiger partial charge < -0.3 is 9.47 Å². The SMILES string of the molecule is CC#Cc1ncc(OC2CC(OC)C2)cn1. The molecule has 0 unspecified atom stereocenters. The van der Waals surface area contributed by atoms with Crippen molar-refractivity contribution in [1.82, 2.24) is 9.97 Å². The van der Waals surface area contributed by atoms with Crippen LogP contribution in [0.3, 0.4) is 0 Å². The summed E-state index contributed by atoms with van der Waals surface area (Å²) in [5, 5.41) is 0. The van der Waals surface area contributed by atoms with E-state index in [1.54, 1.807) is 26.4 Å². The average Bonchev–Trinajstić information content (AvgIpc) is 2.25. The molecule has 1 aliphatic rings. The Hall–Kier alpha value is -1.60. The van der Waals surface area contributed by atoms with E-state index in [9.17, 15) is 0 Å². The molecule has 1 aromatic rings. The van der Waals surface area contributed by atoms with E-state index < -0.39 is 0 Å². The molecule has 4 nitrogen and oxygen atoms in total. The Kier molecular flexibility index (Phi) is 3.37. The number of ether oxygens (including phenoxy) is 2. The van der Waals surface area contributed by atoms with E-state index in [0.29, 0.717) is 17.7 Å². The molecule has 0 aromatic carbocycles. The summed E-state index contributed by atoms with van der Waals surface area (Å²) < 4.78 is 10.8. The van der Waals surface area contributed by atoms with Crippen molar-refractivity contribution in [2.45, 2.75) is 32.0 Å². The zero-order chi connectivity index (χ0) is 11.4. The predicted molar refractivity (Wildman–Crippen MR) is 59.0 cm³/mol. The number of nitrogens with zero attached hydrogens (tertiary/aromatic N) is 2. The lowest BCUT2D eigenvalue weighted by atomic mass is 9.92. The van der Waals surface area contributed by atoms with Crippen molar-refractivity contribution in [3.63, 3.8) is 0 Å². The van der Waals surface area contributed by atoms with Gasteiger partial charge in [-0.2, -0.15) is 0 Å². The van der Waals surface area contributed by atoms with Crippen LogP contribution in [0, 0.1) is 11.8 Å². The minimum atomic E-state index is 0.233. The first-order chi connectivity index (χ1) is 7.81. The van der Waals surface area contributed by atoms with Crippen LogP contribution in [-0.4, -0.2) is 29.3 Å². The lowest BCUT2D eigenvalue weighted by Gasteiger charge is -2.33. The Morgan fingerprint density at radius 2 is 1.94 bits per heavy atom. The zero-order valence-electron chi connectivity index (χ0n) is 9.43. The monoisotopic (exact) mass is 218 g/mol. The Morgan fingerprint density at radius 3 is 2.50 bits per heavy atom. The van der Waals surface area contributed by atoms with Crippen LogP contribution in [0.15, 0.2) is 12.4 Å². The minimum Gasteiger partial charge on any atom is -0.487 e. The summed E-state index contributed by atoms with van der Waals surface area (Å²) in [5.74, 6) is 6.75. The molecule has 1 fully saturated rings. The van der Waals surface area contributed by atoms with Crippen LogP contribution in [0.4, 0.5) is 0 Å². The van der Waals surface area contributed by atoms with E-state index in [-0.39, 0.29) is 6.10 Å². The molecule has 0 bridgehead atoms. The summed E-state index contributed by atoms with van der Waals surface area (Å²) >= 11 is 0. The average molecular weight is 218 g/mol. The summed E-state index contributed by atoms with van der Waals surface area (Å²) in [6, 6.07) is 0. The first kappa shape index (κ1) is 10.9. The van der Waals surface area contributed by atoms with Gasteiger partial charge in [0.15, 0.2) is 5.75 Å². The van der Waals surface area contributed by atoms with Gasteiger partial charge in [-0.3, -0.25) is 0 Å². The summed E-state index contributed by atoms with van der Waals surface area (Å²) in [6.07, 6.45) is 5.77. The first-order valence-corrected chi connectivity index (χ1v) is 5.26. The van der Waals surface area contributed by atoms with Crippen molar-refractivity contribution < 1.29 is 9.47 Å². The third kappa shape index (κ3) is 2.50. The molecule has 84 valence electrons. The molecular weight excluding hydrogens is 204 g/mol. The van der Waals surface area contributed by atoms with Gasteiger partial charge in [0, 0.05) is 20.0 Å². The van der Waals surface area contributed by atoms with Gasteiger partial charge in [0.05, 0.1) is 18.5 Å². The maximum absolute atomic E-state index is 5.66. The molecule has 0 N–H and O–H groups in total. The summed E-state index contributed by atoms with van der Waals surface area (Å²) in [6.45, 7) is 1.76. The molecule has 1 heterocycles. The van der Waals surface area contributed by atoms with Crippen LogP contribution in [0.2, 0.25) is 0 Å². The lowest BCUT2D eigenvalue weighted by Crippen LogP contribution is -2.38. The number of rotatable bonds is 3. The minimum absolute atomic E-state index is 0.233. The van der Waals surface area contributed by atoms with E-state index in [1.165, 1.54) is 0 Å². The topological polar surface area (TPSA) is 44.2 Å². The molecule has 16 heavy (non-hydrogen) atoms. The summed E-state index contributed by atoms with van der Waals surface area (Å²) in [5.41, 5.74) is 0. The van der Waals surface area contributed by atoms with Gasteiger partial charge in [-0.15, -0.1) is 0 Å². The molecular formula is C12H14N2O2. The second-order valence-corrected chi connectivity index (χ2v) is 3.69. The number of hydrogen-bond acceptors (Lipinski definition) is 4. The molecule has 0 atom stereocenters. The van der Waals surface area contributed by atoms with Gasteiger partial charge in [0.1, 0.15) is 6.10 Å². The largest absolute Gasteiger partial charge is 0.487 e. The van der Waals surface area contributed by atoms with Gasteiger partial charge >= 0.3 is 0 Å². The highest BCUT2D eigenvalue weighted by Gasteiger charge is 2.30. The Labute approximate surface area is 95.0 Å². The maximum Gasteiger partial charge on any atom is 0.205 e. The third-order valence-electron chi connectivity index (χ3n) is 2.55. The van der Waals surface area contributed by atoms with Crippen LogP contribution in [0.5, 0.6) is 5.75 Å². The highest BCUT2D eigenvalue weighted by molar-refractivity contribution is 5.22. The van der Waals surface area contributed by atoms with Gasteiger partial charge in [0.2, 0.25) is 5.82 Å². The molecule has 0 amide bonds. The molecule has 0 radical (unpaired) electrons. The summed E-state index contributed by atoms with van der Waals surface area (Å²) in [4.78, 5) is 8.16. The van der Waals surface area contributed by atoms with Crippen LogP contribution >= 0.6 is 0 Å². The van der Waals surface area contributed by atoms with Crippen molar-refractivity contribution in [1.29, 1.82) is 0 Å². The molecule has 1 aliphatic carbocycles. The van der Waals surface area contributed by atoms with Crippen LogP contribution in [0.25, 0.3) is 0 Å². The highest BCUT2D eigenvalue weighted by Crippen LogP contribution is 2.26. The maximum atomic E-state index is 5.66. The van der Waals surface area contributed by atoms with E-state index in [4.69, 9.17) is 9.47 Å². The van der Waals surface area contributed by atoms with Gasteiger partial charge in [-0.05, 0) is 12.8 Å². The Morgan fingerprint density at radius 1 is 1.25 bits per heavy atom. The van der Waals surface area contributed by atoms with Crippen LogP contribution in [-0.2, 0) is 4.74 Å². The molecule has 1 aromatic heterocycles. The Balaban J connectivity index is 1.88. The molecule has 0 saturated heterocycles. The molecule has 4 heteroatoms. The van der Waals surface area contributed by atoms with Crippen LogP contribution < -0.4 is 4.74 Å². The fourth-order valence-electron chi connectivity index (χ4n) is 1.55. The van der Waals surface area contributed by atoms with Crippen molar-refractivity contribution >= 4 is 0 Å². The normalized spacial score (nSPS) is 22.9. The second kappa shape index (κ2) is 4.95.